The van der Waals surface area contributed by atoms with Crippen LogP contribution >= 0.6 is 0 Å². The highest BCUT2D eigenvalue weighted by atomic mass is 19.4. The molecule has 0 unspecified atom stereocenters. The minimum Gasteiger partial charge on any atom is -0.478 e. The Morgan fingerprint density at radius 3 is 2.38 bits per heavy atom. The molecule has 1 heterocycles. The number of hydrogen-bond acceptors (Lipinski definition) is 2. The molecule has 1 fully saturated rings. The van der Waals surface area contributed by atoms with Crippen LogP contribution in [0.4, 0.5) is 26.3 Å². The zero-order chi connectivity index (χ0) is 30.0. The van der Waals surface area contributed by atoms with E-state index in [4.69, 9.17) is 0 Å². The molecule has 0 saturated carbocycles. The van der Waals surface area contributed by atoms with Crippen LogP contribution in [-0.2, 0) is 12.6 Å². The average molecular weight is 586 g/mol. The number of hydrogen-bond donors (Lipinski definition) is 1. The van der Waals surface area contributed by atoms with Crippen molar-refractivity contribution in [1.29, 1.82) is 0 Å². The number of fused-ring (bicyclic) bond motifs is 1. The minimum absolute atomic E-state index is 0.0930. The number of carboxylic acid groups (broad SMARTS) is 1. The summed E-state index contributed by atoms with van der Waals surface area (Å²) in [4.78, 5) is 13.6. The summed E-state index contributed by atoms with van der Waals surface area (Å²) >= 11 is 0. The van der Waals surface area contributed by atoms with Crippen molar-refractivity contribution >= 4 is 23.2 Å². The SMILES string of the molecule is O=C(O)c1ccc2c(c1)CCCC(c1ccc(F)cc1C(F)(F)F)=C2c1ccc(/C=C2/CCN(CCC(F)F)C2)cc1. The van der Waals surface area contributed by atoms with Gasteiger partial charge in [0.1, 0.15) is 5.82 Å². The van der Waals surface area contributed by atoms with Gasteiger partial charge in [-0.3, -0.25) is 4.90 Å². The predicted octanol–water partition coefficient (Wildman–Crippen LogP) is 8.58. The smallest absolute Gasteiger partial charge is 0.417 e. The standard InChI is InChI=1S/C33H29F6NO2/c34-25-9-11-27(29(18-25)33(37,38)39)28-3-1-2-23-17-24(32(41)42)8-10-26(23)31(28)22-6-4-20(5-7-22)16-21-12-14-40(19-21)15-13-30(35)36/h4-11,16-18,30H,1-3,12-15,19H2,(H,41,42)/b21-16-. The molecule has 3 aromatic rings. The minimum atomic E-state index is -4.78. The fourth-order valence-corrected chi connectivity index (χ4v) is 5.85. The Morgan fingerprint density at radius 2 is 1.69 bits per heavy atom. The van der Waals surface area contributed by atoms with E-state index in [1.165, 1.54) is 12.1 Å². The van der Waals surface area contributed by atoms with Crippen molar-refractivity contribution in [3.05, 3.63) is 111 Å². The van der Waals surface area contributed by atoms with Crippen molar-refractivity contribution in [2.45, 2.75) is 44.7 Å². The van der Waals surface area contributed by atoms with E-state index in [1.54, 1.807) is 12.1 Å². The van der Waals surface area contributed by atoms with E-state index in [1.807, 2.05) is 35.2 Å². The first-order valence-corrected chi connectivity index (χ1v) is 13.8. The van der Waals surface area contributed by atoms with Gasteiger partial charge in [-0.2, -0.15) is 13.2 Å². The third-order valence-corrected chi connectivity index (χ3v) is 7.82. The molecule has 3 nitrogen and oxygen atoms in total. The summed E-state index contributed by atoms with van der Waals surface area (Å²) in [7, 11) is 0. The lowest BCUT2D eigenvalue weighted by Gasteiger charge is -2.20. The fourth-order valence-electron chi connectivity index (χ4n) is 5.85. The Balaban J connectivity index is 1.59. The summed E-state index contributed by atoms with van der Waals surface area (Å²) in [5.41, 5.74) is 3.90. The van der Waals surface area contributed by atoms with Crippen molar-refractivity contribution in [1.82, 2.24) is 4.90 Å². The Bertz CT molecular complexity index is 1540. The van der Waals surface area contributed by atoms with Crippen molar-refractivity contribution in [3.63, 3.8) is 0 Å². The van der Waals surface area contributed by atoms with E-state index >= 15 is 0 Å². The summed E-state index contributed by atoms with van der Waals surface area (Å²) in [5, 5.41) is 9.53. The van der Waals surface area contributed by atoms with Gasteiger partial charge in [0.25, 0.3) is 0 Å². The van der Waals surface area contributed by atoms with Crippen LogP contribution in [0.15, 0.2) is 66.2 Å². The van der Waals surface area contributed by atoms with Crippen LogP contribution in [0.25, 0.3) is 17.2 Å². The van der Waals surface area contributed by atoms with E-state index in [2.05, 4.69) is 0 Å². The molecular weight excluding hydrogens is 556 g/mol. The highest BCUT2D eigenvalue weighted by molar-refractivity contribution is 6.01. The van der Waals surface area contributed by atoms with Gasteiger partial charge in [-0.05, 0) is 88.9 Å². The van der Waals surface area contributed by atoms with Crippen LogP contribution in [-0.4, -0.2) is 42.0 Å². The van der Waals surface area contributed by atoms with Gasteiger partial charge in [0.2, 0.25) is 6.43 Å². The molecule has 0 radical (unpaired) electrons. The van der Waals surface area contributed by atoms with Crippen LogP contribution in [0, 0.1) is 5.82 Å². The Labute approximate surface area is 239 Å². The van der Waals surface area contributed by atoms with E-state index < -0.39 is 30.0 Å². The number of aromatic carboxylic acids is 1. The first-order valence-electron chi connectivity index (χ1n) is 13.8. The van der Waals surface area contributed by atoms with Crippen molar-refractivity contribution in [2.24, 2.45) is 0 Å². The summed E-state index contributed by atoms with van der Waals surface area (Å²) in [5.74, 6) is -2.08. The molecule has 1 saturated heterocycles. The van der Waals surface area contributed by atoms with Gasteiger partial charge >= 0.3 is 12.1 Å². The monoisotopic (exact) mass is 585 g/mol. The second-order valence-electron chi connectivity index (χ2n) is 10.7. The molecule has 1 aliphatic carbocycles. The van der Waals surface area contributed by atoms with Gasteiger partial charge in [0.05, 0.1) is 11.1 Å². The Hall–Kier alpha value is -3.85. The molecule has 1 aliphatic heterocycles. The molecule has 5 rings (SSSR count). The average Bonchev–Trinajstić information content (AvgIpc) is 3.30. The molecule has 3 aromatic carbocycles. The van der Waals surface area contributed by atoms with Gasteiger partial charge in [0, 0.05) is 26.1 Å². The van der Waals surface area contributed by atoms with Crippen LogP contribution in [0.1, 0.15) is 69.4 Å². The van der Waals surface area contributed by atoms with Crippen LogP contribution in [0.3, 0.4) is 0 Å². The maximum Gasteiger partial charge on any atom is 0.417 e. The number of rotatable bonds is 7. The lowest BCUT2D eigenvalue weighted by molar-refractivity contribution is -0.138. The fraction of sp³-hybridized carbons (Fsp3) is 0.303. The quantitative estimate of drug-likeness (QED) is 0.283. The van der Waals surface area contributed by atoms with Gasteiger partial charge in [-0.25, -0.2) is 18.0 Å². The van der Waals surface area contributed by atoms with Gasteiger partial charge in [0.15, 0.2) is 0 Å². The van der Waals surface area contributed by atoms with Crippen LogP contribution in [0.2, 0.25) is 0 Å². The van der Waals surface area contributed by atoms with Crippen molar-refractivity contribution in [2.75, 3.05) is 19.6 Å². The van der Waals surface area contributed by atoms with Gasteiger partial charge in [-0.1, -0.05) is 48.0 Å². The molecule has 2 aliphatic rings. The van der Waals surface area contributed by atoms with Gasteiger partial charge in [-0.15, -0.1) is 0 Å². The predicted molar refractivity (Wildman–Crippen MR) is 150 cm³/mol. The van der Waals surface area contributed by atoms with E-state index in [0.717, 1.165) is 29.2 Å². The molecular formula is C33H29F6NO2. The third kappa shape index (κ3) is 6.62. The summed E-state index contributed by atoms with van der Waals surface area (Å²) in [6, 6.07) is 14.7. The second kappa shape index (κ2) is 12.2. The summed E-state index contributed by atoms with van der Waals surface area (Å²) < 4.78 is 81.5. The lowest BCUT2D eigenvalue weighted by atomic mass is 9.85. The molecule has 0 amide bonds. The Kier molecular flexibility index (Phi) is 8.59. The summed E-state index contributed by atoms with van der Waals surface area (Å²) in [6.45, 7) is 1.65. The highest BCUT2D eigenvalue weighted by Crippen LogP contribution is 2.44. The normalized spacial score (nSPS) is 17.2. The van der Waals surface area contributed by atoms with Gasteiger partial charge < -0.3 is 5.11 Å². The van der Waals surface area contributed by atoms with Crippen LogP contribution in [0.5, 0.6) is 0 Å². The molecule has 42 heavy (non-hydrogen) atoms. The Morgan fingerprint density at radius 1 is 0.952 bits per heavy atom. The maximum atomic E-state index is 14.1. The topological polar surface area (TPSA) is 40.5 Å². The molecule has 220 valence electrons. The third-order valence-electron chi connectivity index (χ3n) is 7.82. The molecule has 0 aromatic heterocycles. The zero-order valence-corrected chi connectivity index (χ0v) is 22.7. The number of halogens is 6. The first kappa shape index (κ1) is 29.6. The first-order chi connectivity index (χ1) is 20.0. The largest absolute Gasteiger partial charge is 0.478 e. The van der Waals surface area contributed by atoms with Crippen LogP contribution < -0.4 is 0 Å². The van der Waals surface area contributed by atoms with Crippen molar-refractivity contribution < 1.29 is 36.2 Å². The second-order valence-corrected chi connectivity index (χ2v) is 10.7. The number of carbonyl (C=O) groups is 1. The number of aryl methyl sites for hydroxylation is 1. The highest BCUT2D eigenvalue weighted by Gasteiger charge is 2.36. The van der Waals surface area contributed by atoms with E-state index in [-0.39, 0.29) is 24.0 Å². The van der Waals surface area contributed by atoms with Crippen molar-refractivity contribution in [3.8, 4) is 0 Å². The maximum absolute atomic E-state index is 14.1. The lowest BCUT2D eigenvalue weighted by Crippen LogP contribution is -2.22. The molecule has 0 atom stereocenters. The molecule has 1 N–H and O–H groups in total. The van der Waals surface area contributed by atoms with E-state index in [9.17, 15) is 36.2 Å². The number of nitrogens with zero attached hydrogens (tertiary/aromatic N) is 1. The summed E-state index contributed by atoms with van der Waals surface area (Å²) in [6.07, 6.45) is -3.28. The number of carboxylic acids is 1. The number of benzene rings is 3. The number of allylic oxidation sites excluding steroid dienone is 1. The zero-order valence-electron chi connectivity index (χ0n) is 22.7. The molecule has 0 bridgehead atoms. The molecule has 0 spiro atoms. The number of likely N-dealkylation sites (tertiary alicyclic amines) is 1. The number of alkyl halides is 5. The van der Waals surface area contributed by atoms with E-state index in [0.29, 0.717) is 60.8 Å². The molecule has 9 heteroatoms.